The first-order chi connectivity index (χ1) is 10.1. The zero-order valence-electron chi connectivity index (χ0n) is 13.2. The van der Waals surface area contributed by atoms with Crippen LogP contribution < -0.4 is 5.32 Å². The van der Waals surface area contributed by atoms with Gasteiger partial charge in [-0.1, -0.05) is 29.8 Å². The summed E-state index contributed by atoms with van der Waals surface area (Å²) in [5, 5.41) is 4.80. The van der Waals surface area contributed by atoms with Crippen LogP contribution in [-0.2, 0) is 0 Å². The molecule has 1 aliphatic carbocycles. The van der Waals surface area contributed by atoms with Crippen molar-refractivity contribution < 1.29 is 0 Å². The van der Waals surface area contributed by atoms with E-state index in [2.05, 4.69) is 36.2 Å². The maximum Gasteiger partial charge on any atom is 0.0440 e. The zero-order valence-corrected chi connectivity index (χ0v) is 13.9. The molecule has 21 heavy (non-hydrogen) atoms. The molecule has 3 rings (SSSR count). The standard InChI is InChI=1S/C18H27ClN2/c1-13(2)21-9-7-15(8-10-21)20-16-11-14(12-16)17-5-3-4-6-18(17)19/h3-6,13-16,20H,7-12H2,1-2H3. The van der Waals surface area contributed by atoms with Crippen molar-refractivity contribution in [3.8, 4) is 0 Å². The second kappa shape index (κ2) is 6.68. The Morgan fingerprint density at radius 3 is 2.38 bits per heavy atom. The van der Waals surface area contributed by atoms with Crippen LogP contribution >= 0.6 is 11.6 Å². The average Bonchev–Trinajstić information content (AvgIpc) is 2.44. The summed E-state index contributed by atoms with van der Waals surface area (Å²) < 4.78 is 0. The lowest BCUT2D eigenvalue weighted by Gasteiger charge is -2.42. The molecule has 2 fully saturated rings. The van der Waals surface area contributed by atoms with Crippen LogP contribution in [0.3, 0.4) is 0 Å². The van der Waals surface area contributed by atoms with Crippen molar-refractivity contribution >= 4 is 11.6 Å². The fourth-order valence-corrected chi connectivity index (χ4v) is 4.02. The van der Waals surface area contributed by atoms with Crippen molar-refractivity contribution in [3.05, 3.63) is 34.9 Å². The van der Waals surface area contributed by atoms with E-state index in [-0.39, 0.29) is 0 Å². The van der Waals surface area contributed by atoms with Gasteiger partial charge in [0.2, 0.25) is 0 Å². The minimum Gasteiger partial charge on any atom is -0.311 e. The van der Waals surface area contributed by atoms with Gasteiger partial charge in [0.1, 0.15) is 0 Å². The maximum atomic E-state index is 6.29. The topological polar surface area (TPSA) is 15.3 Å². The van der Waals surface area contributed by atoms with E-state index in [0.717, 1.165) is 11.1 Å². The van der Waals surface area contributed by atoms with E-state index in [0.29, 0.717) is 18.0 Å². The molecular weight excluding hydrogens is 280 g/mol. The normalized spacial score (nSPS) is 27.8. The van der Waals surface area contributed by atoms with E-state index in [9.17, 15) is 0 Å². The molecule has 0 spiro atoms. The highest BCUT2D eigenvalue weighted by molar-refractivity contribution is 6.31. The summed E-state index contributed by atoms with van der Waals surface area (Å²) in [6, 6.07) is 10.4. The van der Waals surface area contributed by atoms with Crippen LogP contribution in [0.15, 0.2) is 24.3 Å². The van der Waals surface area contributed by atoms with Gasteiger partial charge in [0.25, 0.3) is 0 Å². The smallest absolute Gasteiger partial charge is 0.0440 e. The highest BCUT2D eigenvalue weighted by Crippen LogP contribution is 2.40. The van der Waals surface area contributed by atoms with E-state index < -0.39 is 0 Å². The Morgan fingerprint density at radius 2 is 1.76 bits per heavy atom. The number of benzene rings is 1. The van der Waals surface area contributed by atoms with Crippen molar-refractivity contribution in [1.82, 2.24) is 10.2 Å². The summed E-state index contributed by atoms with van der Waals surface area (Å²) in [6.07, 6.45) is 5.08. The summed E-state index contributed by atoms with van der Waals surface area (Å²) in [5.41, 5.74) is 1.34. The zero-order chi connectivity index (χ0) is 14.8. The van der Waals surface area contributed by atoms with Gasteiger partial charge in [-0.05, 0) is 70.2 Å². The van der Waals surface area contributed by atoms with Gasteiger partial charge in [-0.15, -0.1) is 0 Å². The lowest BCUT2D eigenvalue weighted by Crippen LogP contribution is -2.50. The van der Waals surface area contributed by atoms with Crippen LogP contribution in [0, 0.1) is 0 Å². The van der Waals surface area contributed by atoms with Gasteiger partial charge < -0.3 is 10.2 Å². The van der Waals surface area contributed by atoms with Gasteiger partial charge in [-0.25, -0.2) is 0 Å². The molecule has 1 aliphatic heterocycles. The minimum absolute atomic E-state index is 0.659. The number of nitrogens with one attached hydrogen (secondary N) is 1. The molecule has 1 N–H and O–H groups in total. The van der Waals surface area contributed by atoms with E-state index in [4.69, 9.17) is 11.6 Å². The largest absolute Gasteiger partial charge is 0.311 e. The lowest BCUT2D eigenvalue weighted by atomic mass is 9.75. The van der Waals surface area contributed by atoms with Crippen LogP contribution in [0.25, 0.3) is 0 Å². The van der Waals surface area contributed by atoms with Gasteiger partial charge in [-0.2, -0.15) is 0 Å². The van der Waals surface area contributed by atoms with Crippen LogP contribution in [0.1, 0.15) is 51.0 Å². The monoisotopic (exact) mass is 306 g/mol. The molecule has 3 heteroatoms. The van der Waals surface area contributed by atoms with Crippen LogP contribution in [0.2, 0.25) is 5.02 Å². The first-order valence-electron chi connectivity index (χ1n) is 8.38. The molecule has 0 atom stereocenters. The minimum atomic E-state index is 0.659. The van der Waals surface area contributed by atoms with E-state index in [1.807, 2.05) is 12.1 Å². The van der Waals surface area contributed by atoms with Crippen molar-refractivity contribution in [2.45, 2.75) is 63.6 Å². The molecule has 0 bridgehead atoms. The number of nitrogens with zero attached hydrogens (tertiary/aromatic N) is 1. The summed E-state index contributed by atoms with van der Waals surface area (Å²) >= 11 is 6.29. The molecule has 0 unspecified atom stereocenters. The second-order valence-corrected chi connectivity index (χ2v) is 7.36. The highest BCUT2D eigenvalue weighted by atomic mass is 35.5. The van der Waals surface area contributed by atoms with Crippen LogP contribution in [0.4, 0.5) is 0 Å². The summed E-state index contributed by atoms with van der Waals surface area (Å²) in [6.45, 7) is 7.09. The molecule has 1 saturated carbocycles. The van der Waals surface area contributed by atoms with Crippen molar-refractivity contribution in [3.63, 3.8) is 0 Å². The molecule has 116 valence electrons. The van der Waals surface area contributed by atoms with E-state index in [1.54, 1.807) is 0 Å². The van der Waals surface area contributed by atoms with E-state index >= 15 is 0 Å². The van der Waals surface area contributed by atoms with Gasteiger partial charge in [-0.3, -0.25) is 0 Å². The predicted molar refractivity (Wildman–Crippen MR) is 90.1 cm³/mol. The van der Waals surface area contributed by atoms with Crippen LogP contribution in [-0.4, -0.2) is 36.1 Å². The quantitative estimate of drug-likeness (QED) is 0.903. The molecule has 0 amide bonds. The van der Waals surface area contributed by atoms with Crippen molar-refractivity contribution in [2.24, 2.45) is 0 Å². The van der Waals surface area contributed by atoms with Crippen LogP contribution in [0.5, 0.6) is 0 Å². The highest BCUT2D eigenvalue weighted by Gasteiger charge is 2.33. The Morgan fingerprint density at radius 1 is 1.10 bits per heavy atom. The molecule has 1 saturated heterocycles. The second-order valence-electron chi connectivity index (χ2n) is 6.96. The Labute approximate surface area is 133 Å². The molecule has 1 aromatic carbocycles. The number of halogens is 1. The SMILES string of the molecule is CC(C)N1CCC(NC2CC(c3ccccc3Cl)C2)CC1. The maximum absolute atomic E-state index is 6.29. The fourth-order valence-electron chi connectivity index (χ4n) is 3.73. The molecular formula is C18H27ClN2. The third-order valence-corrected chi connectivity index (χ3v) is 5.56. The third kappa shape index (κ3) is 3.61. The Kier molecular flexibility index (Phi) is 4.88. The Hall–Kier alpha value is -0.570. The molecule has 2 aliphatic rings. The van der Waals surface area contributed by atoms with Gasteiger partial charge in [0.05, 0.1) is 0 Å². The fraction of sp³-hybridized carbons (Fsp3) is 0.667. The summed E-state index contributed by atoms with van der Waals surface area (Å²) in [5.74, 6) is 0.659. The molecule has 0 radical (unpaired) electrons. The van der Waals surface area contributed by atoms with E-state index in [1.165, 1.54) is 44.3 Å². The molecule has 0 aromatic heterocycles. The van der Waals surface area contributed by atoms with Gasteiger partial charge >= 0.3 is 0 Å². The number of hydrogen-bond donors (Lipinski definition) is 1. The first kappa shape index (κ1) is 15.3. The van der Waals surface area contributed by atoms with Gasteiger partial charge in [0.15, 0.2) is 0 Å². The number of hydrogen-bond acceptors (Lipinski definition) is 2. The number of rotatable bonds is 4. The third-order valence-electron chi connectivity index (χ3n) is 5.21. The molecule has 2 nitrogen and oxygen atoms in total. The predicted octanol–water partition coefficient (Wildman–Crippen LogP) is 4.05. The first-order valence-corrected chi connectivity index (χ1v) is 8.76. The average molecular weight is 307 g/mol. The summed E-state index contributed by atoms with van der Waals surface area (Å²) in [7, 11) is 0. The molecule has 1 heterocycles. The van der Waals surface area contributed by atoms with Crippen molar-refractivity contribution in [1.29, 1.82) is 0 Å². The Balaban J connectivity index is 1.43. The Bertz CT molecular complexity index is 460. The number of piperidine rings is 1. The lowest BCUT2D eigenvalue weighted by molar-refractivity contribution is 0.144. The van der Waals surface area contributed by atoms with Gasteiger partial charge in [0, 0.05) is 23.1 Å². The number of likely N-dealkylation sites (tertiary alicyclic amines) is 1. The van der Waals surface area contributed by atoms with Crippen molar-refractivity contribution in [2.75, 3.05) is 13.1 Å². The summed E-state index contributed by atoms with van der Waals surface area (Å²) in [4.78, 5) is 2.59. The molecule has 1 aromatic rings.